The molecule has 0 bridgehead atoms. The van der Waals surface area contributed by atoms with Gasteiger partial charge in [0.2, 0.25) is 0 Å². The van der Waals surface area contributed by atoms with E-state index in [1.54, 1.807) is 0 Å². The molecule has 0 saturated heterocycles. The number of para-hydroxylation sites is 1. The third-order valence-electron chi connectivity index (χ3n) is 10.8. The van der Waals surface area contributed by atoms with Crippen molar-refractivity contribution in [2.24, 2.45) is 0 Å². The Morgan fingerprint density at radius 2 is 1.17 bits per heavy atom. The van der Waals surface area contributed by atoms with Gasteiger partial charge in [-0.25, -0.2) is 0 Å². The maximum Gasteiger partial charge on any atom is 0.0544 e. The topological polar surface area (TPSA) is 4.93 Å². The van der Waals surface area contributed by atoms with Crippen molar-refractivity contribution in [2.45, 2.75) is 19.3 Å². The predicted molar refractivity (Wildman–Crippen MR) is 210 cm³/mol. The molecule has 0 aliphatic heterocycles. The number of hydrogen-bond acceptors (Lipinski definition) is 2. The molecule has 7 aromatic carbocycles. The van der Waals surface area contributed by atoms with Crippen molar-refractivity contribution in [1.82, 2.24) is 4.57 Å². The average Bonchev–Trinajstić information content (AvgIpc) is 3.84. The van der Waals surface area contributed by atoms with Gasteiger partial charge >= 0.3 is 0 Å². The first kappa shape index (κ1) is 26.8. The Bertz CT molecular complexity index is 2980. The van der Waals surface area contributed by atoms with Gasteiger partial charge in [-0.05, 0) is 88.0 Å². The third kappa shape index (κ3) is 3.50. The average molecular weight is 648 g/mol. The van der Waals surface area contributed by atoms with Crippen LogP contribution in [0.5, 0.6) is 0 Å². The maximum absolute atomic E-state index is 2.50. The summed E-state index contributed by atoms with van der Waals surface area (Å²) < 4.78 is 7.84. The molecule has 3 aromatic heterocycles. The van der Waals surface area contributed by atoms with Crippen LogP contribution in [-0.2, 0) is 5.41 Å². The van der Waals surface area contributed by atoms with Crippen molar-refractivity contribution in [3.05, 3.63) is 151 Å². The van der Waals surface area contributed by atoms with Crippen LogP contribution in [0.1, 0.15) is 25.0 Å². The second-order valence-electron chi connectivity index (χ2n) is 13.7. The number of aromatic nitrogens is 1. The highest BCUT2D eigenvalue weighted by atomic mass is 32.1. The van der Waals surface area contributed by atoms with Gasteiger partial charge < -0.3 is 4.57 Å². The van der Waals surface area contributed by atoms with E-state index < -0.39 is 0 Å². The van der Waals surface area contributed by atoms with Gasteiger partial charge in [-0.15, -0.1) is 22.7 Å². The molecule has 0 amide bonds. The van der Waals surface area contributed by atoms with E-state index in [9.17, 15) is 0 Å². The SMILES string of the molecule is CC1(C)c2ccccc2-c2cc3c4ccccc4n(-c4ccc5sc6cccc(-c7ccc8c(c7)sc7ccccc78)c6c5c4)c3cc21. The number of rotatable bonds is 2. The van der Waals surface area contributed by atoms with Crippen molar-refractivity contribution in [1.29, 1.82) is 0 Å². The lowest BCUT2D eigenvalue weighted by atomic mass is 9.82. The van der Waals surface area contributed by atoms with Crippen LogP contribution in [0.2, 0.25) is 0 Å². The lowest BCUT2D eigenvalue weighted by molar-refractivity contribution is 0.661. The highest BCUT2D eigenvalue weighted by Gasteiger charge is 2.36. The summed E-state index contributed by atoms with van der Waals surface area (Å²) >= 11 is 3.78. The van der Waals surface area contributed by atoms with E-state index in [1.165, 1.54) is 101 Å². The summed E-state index contributed by atoms with van der Waals surface area (Å²) in [4.78, 5) is 0. The van der Waals surface area contributed by atoms with Gasteiger partial charge in [-0.1, -0.05) is 98.8 Å². The van der Waals surface area contributed by atoms with Crippen LogP contribution in [-0.4, -0.2) is 4.57 Å². The first-order valence-electron chi connectivity index (χ1n) is 16.6. The molecule has 3 heteroatoms. The smallest absolute Gasteiger partial charge is 0.0544 e. The van der Waals surface area contributed by atoms with Crippen molar-refractivity contribution in [3.8, 4) is 27.9 Å². The summed E-state index contributed by atoms with van der Waals surface area (Å²) in [5.74, 6) is 0. The van der Waals surface area contributed by atoms with Gasteiger partial charge in [-0.3, -0.25) is 0 Å². The molecule has 3 heterocycles. The molecule has 0 N–H and O–H groups in total. The van der Waals surface area contributed by atoms with E-state index in [0.717, 1.165) is 0 Å². The molecule has 226 valence electrons. The van der Waals surface area contributed by atoms with Gasteiger partial charge in [0.15, 0.2) is 0 Å². The quantitative estimate of drug-likeness (QED) is 0.176. The Hall–Kier alpha value is -5.22. The molecular formula is C45H29NS2. The zero-order valence-electron chi connectivity index (χ0n) is 26.5. The molecule has 48 heavy (non-hydrogen) atoms. The minimum absolute atomic E-state index is 0.0562. The van der Waals surface area contributed by atoms with Crippen LogP contribution >= 0.6 is 22.7 Å². The van der Waals surface area contributed by atoms with E-state index in [0.29, 0.717) is 0 Å². The molecular weight excluding hydrogens is 619 g/mol. The molecule has 0 fully saturated rings. The van der Waals surface area contributed by atoms with Gasteiger partial charge in [0.05, 0.1) is 11.0 Å². The normalized spacial score (nSPS) is 13.8. The number of nitrogens with zero attached hydrogens (tertiary/aromatic N) is 1. The van der Waals surface area contributed by atoms with Crippen molar-refractivity contribution in [2.75, 3.05) is 0 Å². The molecule has 0 unspecified atom stereocenters. The van der Waals surface area contributed by atoms with Crippen LogP contribution in [0, 0.1) is 0 Å². The monoisotopic (exact) mass is 647 g/mol. The fraction of sp³-hybridized carbons (Fsp3) is 0.0667. The molecule has 0 atom stereocenters. The third-order valence-corrected chi connectivity index (χ3v) is 13.1. The Morgan fingerprint density at radius 1 is 0.438 bits per heavy atom. The van der Waals surface area contributed by atoms with Crippen LogP contribution in [0.25, 0.3) is 90.1 Å². The summed E-state index contributed by atoms with van der Waals surface area (Å²) in [5.41, 5.74) is 11.8. The van der Waals surface area contributed by atoms with Crippen molar-refractivity contribution in [3.63, 3.8) is 0 Å². The minimum atomic E-state index is -0.0562. The molecule has 10 aromatic rings. The lowest BCUT2D eigenvalue weighted by Crippen LogP contribution is -2.14. The highest BCUT2D eigenvalue weighted by molar-refractivity contribution is 7.26. The first-order chi connectivity index (χ1) is 23.5. The van der Waals surface area contributed by atoms with E-state index >= 15 is 0 Å². The maximum atomic E-state index is 2.50. The second kappa shape index (κ2) is 9.44. The van der Waals surface area contributed by atoms with Crippen molar-refractivity contribution >= 4 is 84.8 Å². The van der Waals surface area contributed by atoms with E-state index in [1.807, 2.05) is 22.7 Å². The Kier molecular flexibility index (Phi) is 5.27. The molecule has 1 aliphatic carbocycles. The van der Waals surface area contributed by atoms with Gasteiger partial charge in [0.25, 0.3) is 0 Å². The summed E-state index contributed by atoms with van der Waals surface area (Å²) in [6.07, 6.45) is 0. The van der Waals surface area contributed by atoms with E-state index in [-0.39, 0.29) is 5.41 Å². The predicted octanol–water partition coefficient (Wildman–Crippen LogP) is 13.5. The van der Waals surface area contributed by atoms with Gasteiger partial charge in [0, 0.05) is 62.2 Å². The molecule has 0 saturated carbocycles. The van der Waals surface area contributed by atoms with Crippen LogP contribution in [0.4, 0.5) is 0 Å². The Balaban J connectivity index is 1.16. The highest BCUT2D eigenvalue weighted by Crippen LogP contribution is 2.51. The number of benzene rings is 7. The fourth-order valence-electron chi connectivity index (χ4n) is 8.53. The van der Waals surface area contributed by atoms with Crippen LogP contribution < -0.4 is 0 Å². The molecule has 1 nitrogen and oxygen atoms in total. The van der Waals surface area contributed by atoms with Gasteiger partial charge in [-0.2, -0.15) is 0 Å². The van der Waals surface area contributed by atoms with Crippen LogP contribution in [0.15, 0.2) is 140 Å². The summed E-state index contributed by atoms with van der Waals surface area (Å²) in [6, 6.07) is 52.5. The van der Waals surface area contributed by atoms with E-state index in [2.05, 4.69) is 158 Å². The Labute approximate surface area is 285 Å². The number of hydrogen-bond donors (Lipinski definition) is 0. The summed E-state index contributed by atoms with van der Waals surface area (Å²) in [6.45, 7) is 4.75. The number of thiophene rings is 2. The van der Waals surface area contributed by atoms with Gasteiger partial charge in [0.1, 0.15) is 0 Å². The molecule has 1 aliphatic rings. The molecule has 0 spiro atoms. The molecule has 11 rings (SSSR count). The lowest BCUT2D eigenvalue weighted by Gasteiger charge is -2.21. The standard InChI is InChI=1S/C45H29NS2/c1-45(2)36-14-6-3-10-29(36)33-24-34-30-11-4-7-15-38(30)46(39(34)25-37(33)45)27-19-21-41-35(23-27)44-28(13-9-17-42(44)47-41)26-18-20-32-31-12-5-8-16-40(31)48-43(32)22-26/h3-25H,1-2H3. The van der Waals surface area contributed by atoms with Crippen LogP contribution in [0.3, 0.4) is 0 Å². The zero-order chi connectivity index (χ0) is 31.7. The van der Waals surface area contributed by atoms with Crippen molar-refractivity contribution < 1.29 is 0 Å². The largest absolute Gasteiger partial charge is 0.309 e. The minimum Gasteiger partial charge on any atom is -0.309 e. The fourth-order valence-corrected chi connectivity index (χ4v) is 10.8. The Morgan fingerprint density at radius 3 is 2.10 bits per heavy atom. The molecule has 0 radical (unpaired) electrons. The summed E-state index contributed by atoms with van der Waals surface area (Å²) in [7, 11) is 0. The number of fused-ring (bicyclic) bond motifs is 12. The summed E-state index contributed by atoms with van der Waals surface area (Å²) in [5, 5.41) is 7.96. The zero-order valence-corrected chi connectivity index (χ0v) is 28.2. The van der Waals surface area contributed by atoms with E-state index in [4.69, 9.17) is 0 Å². The second-order valence-corrected chi connectivity index (χ2v) is 15.9. The first-order valence-corrected chi connectivity index (χ1v) is 18.2.